The maximum absolute atomic E-state index is 14.0. The Morgan fingerprint density at radius 1 is 1.02 bits per heavy atom. The van der Waals surface area contributed by atoms with Crippen molar-refractivity contribution in [2.45, 2.75) is 88.2 Å². The summed E-state index contributed by atoms with van der Waals surface area (Å²) in [4.78, 5) is 14.6. The van der Waals surface area contributed by atoms with Crippen molar-refractivity contribution in [3.05, 3.63) is 100 Å². The fourth-order valence-electron chi connectivity index (χ4n) is 8.23. The summed E-state index contributed by atoms with van der Waals surface area (Å²) in [6, 6.07) is 19.2. The maximum atomic E-state index is 14.0. The largest absolute Gasteiger partial charge is 0.478 e. The smallest absolute Gasteiger partial charge is 0.335 e. The fraction of sp³-hybridized carbons (Fsp3) is 0.432. The number of benzene rings is 3. The fourth-order valence-corrected chi connectivity index (χ4v) is 9.64. The number of hydrogen-bond donors (Lipinski definition) is 1. The van der Waals surface area contributed by atoms with Crippen LogP contribution in [0, 0.1) is 19.8 Å². The Bertz CT molecular complexity index is 1860. The monoisotopic (exact) mass is 626 g/mol. The van der Waals surface area contributed by atoms with E-state index in [1.807, 2.05) is 51.1 Å². The number of hydrogen-bond acceptors (Lipinski definition) is 5. The molecule has 3 heterocycles. The molecule has 1 saturated carbocycles. The van der Waals surface area contributed by atoms with Gasteiger partial charge >= 0.3 is 5.97 Å². The van der Waals surface area contributed by atoms with Crippen molar-refractivity contribution in [3.63, 3.8) is 0 Å². The zero-order chi connectivity index (χ0) is 31.5. The van der Waals surface area contributed by atoms with Gasteiger partial charge in [0.15, 0.2) is 0 Å². The number of aromatic nitrogens is 1. The molecular formula is C37H42N2O5S. The second kappa shape index (κ2) is 11.4. The lowest BCUT2D eigenvalue weighted by Crippen LogP contribution is -2.51. The van der Waals surface area contributed by atoms with Gasteiger partial charge in [0.2, 0.25) is 0 Å². The average molecular weight is 627 g/mol. The predicted molar refractivity (Wildman–Crippen MR) is 175 cm³/mol. The molecule has 0 spiro atoms. The molecule has 2 aliphatic heterocycles. The molecule has 45 heavy (non-hydrogen) atoms. The molecule has 3 aromatic carbocycles. The number of aromatic carboxylic acids is 1. The van der Waals surface area contributed by atoms with Gasteiger partial charge in [0.25, 0.3) is 10.0 Å². The van der Waals surface area contributed by atoms with Crippen LogP contribution in [0.5, 0.6) is 0 Å². The Kier molecular flexibility index (Phi) is 7.66. The third kappa shape index (κ3) is 5.21. The van der Waals surface area contributed by atoms with Gasteiger partial charge in [0.05, 0.1) is 16.0 Å². The van der Waals surface area contributed by atoms with Gasteiger partial charge in [-0.05, 0) is 124 Å². The summed E-state index contributed by atoms with van der Waals surface area (Å²) in [5.41, 5.74) is 6.55. The molecule has 2 saturated heterocycles. The van der Waals surface area contributed by atoms with Gasteiger partial charge in [-0.1, -0.05) is 35.9 Å². The number of fused-ring (bicyclic) bond motifs is 3. The molecule has 236 valence electrons. The molecule has 2 bridgehead atoms. The van der Waals surface area contributed by atoms with Crippen LogP contribution in [0.15, 0.2) is 71.8 Å². The summed E-state index contributed by atoms with van der Waals surface area (Å²) in [5.74, 6) is 0.00734. The van der Waals surface area contributed by atoms with Gasteiger partial charge < -0.3 is 9.84 Å². The van der Waals surface area contributed by atoms with Crippen LogP contribution < -0.4 is 0 Å². The summed E-state index contributed by atoms with van der Waals surface area (Å²) < 4.78 is 35.3. The number of rotatable bonds is 10. The van der Waals surface area contributed by atoms with E-state index in [0.29, 0.717) is 30.0 Å². The number of aryl methyl sites for hydroxylation is 2. The Morgan fingerprint density at radius 3 is 2.42 bits per heavy atom. The molecule has 7 nitrogen and oxygen atoms in total. The lowest BCUT2D eigenvalue weighted by Gasteiger charge is -2.48. The molecule has 1 N–H and O–H groups in total. The number of nitrogens with zero attached hydrogens (tertiary/aromatic N) is 2. The van der Waals surface area contributed by atoms with E-state index in [1.165, 1.54) is 15.1 Å². The van der Waals surface area contributed by atoms with E-state index in [1.54, 1.807) is 30.5 Å². The quantitative estimate of drug-likeness (QED) is 0.198. The minimum atomic E-state index is -3.78. The topological polar surface area (TPSA) is 88.8 Å². The number of carbonyl (C=O) groups is 1. The zero-order valence-electron chi connectivity index (χ0n) is 26.3. The Labute approximate surface area is 265 Å². The zero-order valence-corrected chi connectivity index (χ0v) is 27.1. The van der Waals surface area contributed by atoms with Crippen molar-refractivity contribution < 1.29 is 23.1 Å². The first-order valence-electron chi connectivity index (χ1n) is 16.3. The van der Waals surface area contributed by atoms with Crippen molar-refractivity contribution in [1.29, 1.82) is 0 Å². The van der Waals surface area contributed by atoms with Crippen LogP contribution in [0.4, 0.5) is 0 Å². The Morgan fingerprint density at radius 2 is 1.76 bits per heavy atom. The molecule has 3 aliphatic rings. The summed E-state index contributed by atoms with van der Waals surface area (Å²) in [6.45, 7) is 8.18. The average Bonchev–Trinajstić information content (AvgIpc) is 3.73. The molecule has 8 heteroatoms. The van der Waals surface area contributed by atoms with Crippen molar-refractivity contribution in [2.24, 2.45) is 5.92 Å². The van der Waals surface area contributed by atoms with Crippen LogP contribution in [0.25, 0.3) is 10.9 Å². The predicted octanol–water partition coefficient (Wildman–Crippen LogP) is 7.38. The van der Waals surface area contributed by atoms with Gasteiger partial charge in [-0.15, -0.1) is 0 Å². The lowest BCUT2D eigenvalue weighted by atomic mass is 9.76. The highest BCUT2D eigenvalue weighted by atomic mass is 32.2. The SMILES string of the molecule is CCOC[C@H]1C[C@H]2CC[C@@](c3ccc(C(=O)O)cc3)(C1)N2Cc1c(C2CC2)cc(C)c2c1ccn2S(=O)(=O)c1ccc(C)cc1. The second-order valence-electron chi connectivity index (χ2n) is 13.4. The standard InChI is InChI=1S/C37H42N2O5S/c1-4-44-23-26-20-30-15-17-37(21-26,29-11-9-28(10-12-29)36(40)41)38(30)22-34-32-16-18-39(35(32)25(3)19-33(34)27-7-8-27)45(42,43)31-13-5-24(2)6-14-31/h5-6,9-14,16,18-19,26-27,30H,4,7-8,15,17,20-23H2,1-3H3,(H,40,41)/t26-,30+,37-/m0/s1. The molecule has 3 atom stereocenters. The van der Waals surface area contributed by atoms with Crippen LogP contribution in [-0.2, 0) is 26.8 Å². The van der Waals surface area contributed by atoms with E-state index >= 15 is 0 Å². The highest BCUT2D eigenvalue weighted by molar-refractivity contribution is 7.90. The number of ether oxygens (including phenoxy) is 1. The first-order chi connectivity index (χ1) is 21.6. The first kappa shape index (κ1) is 30.2. The van der Waals surface area contributed by atoms with E-state index in [4.69, 9.17) is 4.74 Å². The van der Waals surface area contributed by atoms with Crippen molar-refractivity contribution in [3.8, 4) is 0 Å². The summed E-state index contributed by atoms with van der Waals surface area (Å²) in [7, 11) is -3.78. The van der Waals surface area contributed by atoms with Crippen molar-refractivity contribution >= 4 is 26.9 Å². The third-order valence-electron chi connectivity index (χ3n) is 10.5. The highest BCUT2D eigenvalue weighted by Gasteiger charge is 2.52. The molecule has 0 amide bonds. The Balaban J connectivity index is 1.34. The van der Waals surface area contributed by atoms with E-state index in [2.05, 4.69) is 11.0 Å². The molecule has 0 unspecified atom stereocenters. The highest BCUT2D eigenvalue weighted by Crippen LogP contribution is 2.54. The molecule has 7 rings (SSSR count). The van der Waals surface area contributed by atoms with Gasteiger partial charge in [-0.2, -0.15) is 0 Å². The first-order valence-corrected chi connectivity index (χ1v) is 17.7. The van der Waals surface area contributed by atoms with E-state index < -0.39 is 16.0 Å². The summed E-state index contributed by atoms with van der Waals surface area (Å²) in [6.07, 6.45) is 8.13. The van der Waals surface area contributed by atoms with E-state index in [9.17, 15) is 18.3 Å². The second-order valence-corrected chi connectivity index (χ2v) is 15.2. The normalized spacial score (nSPS) is 23.5. The van der Waals surface area contributed by atoms with Crippen LogP contribution in [0.1, 0.15) is 89.5 Å². The number of piperidine rings is 1. The molecule has 0 radical (unpaired) electrons. The van der Waals surface area contributed by atoms with Crippen molar-refractivity contribution in [1.82, 2.24) is 8.87 Å². The Hall–Kier alpha value is -3.46. The van der Waals surface area contributed by atoms with Crippen LogP contribution in [0.2, 0.25) is 0 Å². The third-order valence-corrected chi connectivity index (χ3v) is 12.2. The minimum absolute atomic E-state index is 0.240. The van der Waals surface area contributed by atoms with Crippen molar-refractivity contribution in [2.75, 3.05) is 13.2 Å². The van der Waals surface area contributed by atoms with Gasteiger partial charge in [0, 0.05) is 42.9 Å². The van der Waals surface area contributed by atoms with Gasteiger partial charge in [0.1, 0.15) is 0 Å². The lowest BCUT2D eigenvalue weighted by molar-refractivity contribution is -0.0148. The van der Waals surface area contributed by atoms with E-state index in [-0.39, 0.29) is 10.4 Å². The minimum Gasteiger partial charge on any atom is -0.478 e. The molecule has 4 aromatic rings. The van der Waals surface area contributed by atoms with Crippen LogP contribution >= 0.6 is 0 Å². The van der Waals surface area contributed by atoms with Crippen LogP contribution in [0.3, 0.4) is 0 Å². The van der Waals surface area contributed by atoms with Gasteiger partial charge in [-0.25, -0.2) is 17.2 Å². The number of carboxylic acids is 1. The maximum Gasteiger partial charge on any atom is 0.335 e. The molecule has 1 aliphatic carbocycles. The molecular weight excluding hydrogens is 584 g/mol. The molecule has 3 fully saturated rings. The summed E-state index contributed by atoms with van der Waals surface area (Å²) >= 11 is 0. The summed E-state index contributed by atoms with van der Waals surface area (Å²) in [5, 5.41) is 10.6. The van der Waals surface area contributed by atoms with Crippen LogP contribution in [-0.4, -0.2) is 47.6 Å². The van der Waals surface area contributed by atoms with E-state index in [0.717, 1.165) is 79.3 Å². The number of carboxylic acid groups (broad SMARTS) is 1. The van der Waals surface area contributed by atoms with Gasteiger partial charge in [-0.3, -0.25) is 4.90 Å². The molecule has 1 aromatic heterocycles.